The summed E-state index contributed by atoms with van der Waals surface area (Å²) in [5.74, 6) is 0.116. The number of hydrogen-bond acceptors (Lipinski definition) is 4. The third-order valence-electron chi connectivity index (χ3n) is 3.29. The summed E-state index contributed by atoms with van der Waals surface area (Å²) >= 11 is 0. The van der Waals surface area contributed by atoms with Gasteiger partial charge in [0, 0.05) is 25.2 Å². The van der Waals surface area contributed by atoms with Crippen LogP contribution in [-0.2, 0) is 6.54 Å². The standard InChI is InChI=1S/C13H19N3O2/c1-13(17)6-7-16(9-13)8-10-2-4-11(5-3-10)12(14)15-18/h2-5,17-18H,6-9H2,1H3,(H2,14,15). The quantitative estimate of drug-likeness (QED) is 0.319. The molecule has 1 aromatic rings. The first kappa shape index (κ1) is 12.9. The van der Waals surface area contributed by atoms with Gasteiger partial charge in [-0.2, -0.15) is 0 Å². The van der Waals surface area contributed by atoms with Crippen LogP contribution >= 0.6 is 0 Å². The summed E-state index contributed by atoms with van der Waals surface area (Å²) < 4.78 is 0. The maximum atomic E-state index is 9.89. The molecule has 1 aliphatic rings. The fourth-order valence-corrected chi connectivity index (χ4v) is 2.27. The number of β-amino-alcohol motifs (C(OH)–C–C–N with tert-alkyl or cyclic N) is 1. The van der Waals surface area contributed by atoms with Gasteiger partial charge in [-0.1, -0.05) is 29.4 Å². The van der Waals surface area contributed by atoms with Crippen molar-refractivity contribution in [3.63, 3.8) is 0 Å². The van der Waals surface area contributed by atoms with E-state index in [-0.39, 0.29) is 5.84 Å². The zero-order valence-electron chi connectivity index (χ0n) is 10.5. The maximum Gasteiger partial charge on any atom is 0.170 e. The van der Waals surface area contributed by atoms with Gasteiger partial charge in [-0.3, -0.25) is 4.90 Å². The number of nitrogens with two attached hydrogens (primary N) is 1. The van der Waals surface area contributed by atoms with Crippen molar-refractivity contribution in [1.29, 1.82) is 0 Å². The van der Waals surface area contributed by atoms with Crippen LogP contribution in [0.15, 0.2) is 29.4 Å². The van der Waals surface area contributed by atoms with Crippen molar-refractivity contribution < 1.29 is 10.3 Å². The molecule has 0 bridgehead atoms. The molecule has 1 fully saturated rings. The number of aliphatic hydroxyl groups is 1. The fourth-order valence-electron chi connectivity index (χ4n) is 2.27. The number of likely N-dealkylation sites (tertiary alicyclic amines) is 1. The molecule has 1 heterocycles. The molecule has 98 valence electrons. The summed E-state index contributed by atoms with van der Waals surface area (Å²) in [4.78, 5) is 2.22. The molecule has 1 atom stereocenters. The van der Waals surface area contributed by atoms with E-state index in [0.29, 0.717) is 12.1 Å². The van der Waals surface area contributed by atoms with Gasteiger partial charge < -0.3 is 16.0 Å². The molecule has 4 N–H and O–H groups in total. The molecule has 1 saturated heterocycles. The zero-order chi connectivity index (χ0) is 13.2. The van der Waals surface area contributed by atoms with Crippen molar-refractivity contribution in [3.05, 3.63) is 35.4 Å². The SMILES string of the molecule is CC1(O)CCN(Cc2ccc(/C(N)=N/O)cc2)C1. The molecule has 0 aromatic heterocycles. The van der Waals surface area contributed by atoms with Crippen LogP contribution in [0.4, 0.5) is 0 Å². The van der Waals surface area contributed by atoms with Gasteiger partial charge in [-0.25, -0.2) is 0 Å². The third kappa shape index (κ3) is 3.00. The van der Waals surface area contributed by atoms with Crippen LogP contribution in [-0.4, -0.2) is 39.7 Å². The molecule has 1 aliphatic heterocycles. The van der Waals surface area contributed by atoms with Crippen molar-refractivity contribution in [3.8, 4) is 0 Å². The van der Waals surface area contributed by atoms with E-state index < -0.39 is 5.60 Å². The smallest absolute Gasteiger partial charge is 0.170 e. The van der Waals surface area contributed by atoms with Crippen LogP contribution in [0.25, 0.3) is 0 Å². The minimum Gasteiger partial charge on any atom is -0.409 e. The third-order valence-corrected chi connectivity index (χ3v) is 3.29. The van der Waals surface area contributed by atoms with E-state index in [0.717, 1.165) is 25.1 Å². The van der Waals surface area contributed by atoms with Crippen LogP contribution in [0.1, 0.15) is 24.5 Å². The van der Waals surface area contributed by atoms with E-state index in [4.69, 9.17) is 10.9 Å². The average Bonchev–Trinajstić information content (AvgIpc) is 2.68. The van der Waals surface area contributed by atoms with Gasteiger partial charge in [0.1, 0.15) is 0 Å². The Bertz CT molecular complexity index is 440. The summed E-state index contributed by atoms with van der Waals surface area (Å²) in [5.41, 5.74) is 6.80. The molecule has 0 spiro atoms. The number of oxime groups is 1. The number of amidine groups is 1. The van der Waals surface area contributed by atoms with E-state index in [1.165, 1.54) is 0 Å². The van der Waals surface area contributed by atoms with Gasteiger partial charge in [-0.15, -0.1) is 0 Å². The highest BCUT2D eigenvalue weighted by molar-refractivity contribution is 5.96. The van der Waals surface area contributed by atoms with Crippen molar-refractivity contribution in [2.45, 2.75) is 25.5 Å². The molecule has 18 heavy (non-hydrogen) atoms. The van der Waals surface area contributed by atoms with E-state index in [1.54, 1.807) is 0 Å². The first-order chi connectivity index (χ1) is 8.50. The summed E-state index contributed by atoms with van der Waals surface area (Å²) in [7, 11) is 0. The van der Waals surface area contributed by atoms with Crippen molar-refractivity contribution in [2.24, 2.45) is 10.9 Å². The van der Waals surface area contributed by atoms with Gasteiger partial charge in [0.05, 0.1) is 5.60 Å². The predicted octanol–water partition coefficient (Wildman–Crippen LogP) is 0.738. The van der Waals surface area contributed by atoms with E-state index in [1.807, 2.05) is 31.2 Å². The van der Waals surface area contributed by atoms with E-state index >= 15 is 0 Å². The number of nitrogens with zero attached hydrogens (tertiary/aromatic N) is 2. The Morgan fingerprint density at radius 3 is 2.61 bits per heavy atom. The second kappa shape index (κ2) is 4.96. The van der Waals surface area contributed by atoms with Crippen LogP contribution in [0.3, 0.4) is 0 Å². The van der Waals surface area contributed by atoms with Crippen LogP contribution in [0, 0.1) is 0 Å². The van der Waals surface area contributed by atoms with Gasteiger partial charge in [0.15, 0.2) is 5.84 Å². The Morgan fingerprint density at radius 2 is 2.11 bits per heavy atom. The average molecular weight is 249 g/mol. The van der Waals surface area contributed by atoms with Crippen LogP contribution in [0.5, 0.6) is 0 Å². The van der Waals surface area contributed by atoms with Crippen molar-refractivity contribution >= 4 is 5.84 Å². The molecule has 0 saturated carbocycles. The van der Waals surface area contributed by atoms with Gasteiger partial charge in [0.25, 0.3) is 0 Å². The number of rotatable bonds is 3. The summed E-state index contributed by atoms with van der Waals surface area (Å²) in [6.07, 6.45) is 0.815. The van der Waals surface area contributed by atoms with Crippen molar-refractivity contribution in [2.75, 3.05) is 13.1 Å². The minimum absolute atomic E-state index is 0.116. The van der Waals surface area contributed by atoms with Gasteiger partial charge >= 0.3 is 0 Å². The second-order valence-electron chi connectivity index (χ2n) is 5.14. The Hall–Kier alpha value is -1.59. The van der Waals surface area contributed by atoms with Crippen LogP contribution in [0.2, 0.25) is 0 Å². The second-order valence-corrected chi connectivity index (χ2v) is 5.14. The molecular weight excluding hydrogens is 230 g/mol. The monoisotopic (exact) mass is 249 g/mol. The van der Waals surface area contributed by atoms with Crippen LogP contribution < -0.4 is 5.73 Å². The Kier molecular flexibility index (Phi) is 3.54. The molecule has 1 unspecified atom stereocenters. The summed E-state index contributed by atoms with van der Waals surface area (Å²) in [6.45, 7) is 4.30. The summed E-state index contributed by atoms with van der Waals surface area (Å²) in [5, 5.41) is 21.4. The predicted molar refractivity (Wildman–Crippen MR) is 69.5 cm³/mol. The summed E-state index contributed by atoms with van der Waals surface area (Å²) in [6, 6.07) is 7.58. The van der Waals surface area contributed by atoms with Gasteiger partial charge in [0.2, 0.25) is 0 Å². The Morgan fingerprint density at radius 1 is 1.44 bits per heavy atom. The molecule has 0 amide bonds. The zero-order valence-corrected chi connectivity index (χ0v) is 10.5. The Balaban J connectivity index is 1.99. The molecule has 5 nitrogen and oxygen atoms in total. The fraction of sp³-hybridized carbons (Fsp3) is 0.462. The lowest BCUT2D eigenvalue weighted by molar-refractivity contribution is 0.0679. The molecular formula is C13H19N3O2. The number of hydrogen-bond donors (Lipinski definition) is 3. The van der Waals surface area contributed by atoms with Gasteiger partial charge in [-0.05, 0) is 18.9 Å². The molecule has 2 rings (SSSR count). The molecule has 0 radical (unpaired) electrons. The normalized spacial score (nSPS) is 25.6. The maximum absolute atomic E-state index is 9.89. The largest absolute Gasteiger partial charge is 0.409 e. The lowest BCUT2D eigenvalue weighted by Gasteiger charge is -2.18. The molecule has 0 aliphatic carbocycles. The molecule has 1 aromatic carbocycles. The minimum atomic E-state index is -0.562. The highest BCUT2D eigenvalue weighted by atomic mass is 16.4. The lowest BCUT2D eigenvalue weighted by Crippen LogP contribution is -2.29. The highest BCUT2D eigenvalue weighted by Gasteiger charge is 2.30. The number of benzene rings is 1. The van der Waals surface area contributed by atoms with E-state index in [9.17, 15) is 5.11 Å². The van der Waals surface area contributed by atoms with Crippen molar-refractivity contribution in [1.82, 2.24) is 4.90 Å². The topological polar surface area (TPSA) is 82.1 Å². The first-order valence-electron chi connectivity index (χ1n) is 6.02. The van der Waals surface area contributed by atoms with E-state index in [2.05, 4.69) is 10.1 Å². The molecule has 5 heteroatoms. The highest BCUT2D eigenvalue weighted by Crippen LogP contribution is 2.22. The first-order valence-corrected chi connectivity index (χ1v) is 6.02. The lowest BCUT2D eigenvalue weighted by atomic mass is 10.1. The Labute approximate surface area is 107 Å².